The number of halogens is 3. The first-order chi connectivity index (χ1) is 12.4. The highest BCUT2D eigenvalue weighted by Crippen LogP contribution is 2.38. The van der Waals surface area contributed by atoms with E-state index in [1.807, 2.05) is 13.8 Å². The lowest BCUT2D eigenvalue weighted by Crippen LogP contribution is -2.04. The molecule has 0 saturated carbocycles. The topological polar surface area (TPSA) is 64.7 Å². The molecule has 26 heavy (non-hydrogen) atoms. The highest BCUT2D eigenvalue weighted by atomic mass is 32.2. The van der Waals surface area contributed by atoms with Crippen molar-refractivity contribution in [2.75, 3.05) is 5.75 Å². The number of thioether (sulfide) groups is 2. The summed E-state index contributed by atoms with van der Waals surface area (Å²) in [6, 6.07) is 4.84. The zero-order chi connectivity index (χ0) is 18.7. The summed E-state index contributed by atoms with van der Waals surface area (Å²) in [5.74, 6) is 1.36. The number of nitrogens with zero attached hydrogens (tertiary/aromatic N) is 4. The van der Waals surface area contributed by atoms with Crippen molar-refractivity contribution in [2.45, 2.75) is 34.0 Å². The maximum Gasteiger partial charge on any atom is 0.416 e. The molecule has 0 amide bonds. The summed E-state index contributed by atoms with van der Waals surface area (Å²) in [7, 11) is 0. The second kappa shape index (κ2) is 7.97. The Labute approximate surface area is 159 Å². The third kappa shape index (κ3) is 4.57. The van der Waals surface area contributed by atoms with E-state index in [9.17, 15) is 13.2 Å². The van der Waals surface area contributed by atoms with E-state index in [2.05, 4.69) is 20.3 Å². The number of benzene rings is 1. The van der Waals surface area contributed by atoms with Crippen LogP contribution in [-0.2, 0) is 6.18 Å². The van der Waals surface area contributed by atoms with E-state index in [4.69, 9.17) is 4.52 Å². The molecule has 2 aromatic heterocycles. The molecule has 0 spiro atoms. The lowest BCUT2D eigenvalue weighted by molar-refractivity contribution is -0.137. The van der Waals surface area contributed by atoms with Crippen LogP contribution < -0.4 is 0 Å². The molecule has 0 fully saturated rings. The largest absolute Gasteiger partial charge is 0.416 e. The number of rotatable bonds is 6. The van der Waals surface area contributed by atoms with E-state index in [0.29, 0.717) is 5.89 Å². The first kappa shape index (κ1) is 19.2. The van der Waals surface area contributed by atoms with Crippen LogP contribution in [0.1, 0.15) is 30.6 Å². The lowest BCUT2D eigenvalue weighted by atomic mass is 10.1. The summed E-state index contributed by atoms with van der Waals surface area (Å²) < 4.78 is 45.4. The minimum atomic E-state index is -4.42. The van der Waals surface area contributed by atoms with E-state index < -0.39 is 11.7 Å². The van der Waals surface area contributed by atoms with Crippen molar-refractivity contribution in [1.82, 2.24) is 20.3 Å². The molecular weight excluding hydrogens is 405 g/mol. The van der Waals surface area contributed by atoms with E-state index in [1.54, 1.807) is 11.8 Å². The van der Waals surface area contributed by atoms with Gasteiger partial charge in [-0.25, -0.2) is 0 Å². The monoisotopic (exact) mass is 418 g/mol. The molecule has 3 aromatic rings. The molecule has 11 heteroatoms. The number of alkyl halides is 3. The molecule has 1 aromatic carbocycles. The summed E-state index contributed by atoms with van der Waals surface area (Å²) in [5, 5.41) is 11.8. The van der Waals surface area contributed by atoms with Crippen LogP contribution in [0.5, 0.6) is 0 Å². The third-order valence-electron chi connectivity index (χ3n) is 3.17. The molecule has 0 aliphatic heterocycles. The Bertz CT molecular complexity index is 881. The van der Waals surface area contributed by atoms with Crippen molar-refractivity contribution >= 4 is 34.9 Å². The van der Waals surface area contributed by atoms with Gasteiger partial charge in [-0.15, -0.1) is 10.2 Å². The Balaban J connectivity index is 1.74. The Morgan fingerprint density at radius 2 is 2.00 bits per heavy atom. The van der Waals surface area contributed by atoms with Crippen LogP contribution in [0, 0.1) is 0 Å². The Morgan fingerprint density at radius 3 is 2.73 bits per heavy atom. The zero-order valence-corrected chi connectivity index (χ0v) is 16.1. The van der Waals surface area contributed by atoms with Crippen LogP contribution in [0.2, 0.25) is 0 Å². The average molecular weight is 418 g/mol. The van der Waals surface area contributed by atoms with Gasteiger partial charge in [-0.3, -0.25) is 0 Å². The minimum Gasteiger partial charge on any atom is -0.338 e. The predicted octanol–water partition coefficient (Wildman–Crippen LogP) is 5.57. The molecule has 1 atom stereocenters. The fraction of sp³-hybridized carbons (Fsp3) is 0.333. The number of hydrogen-bond donors (Lipinski definition) is 0. The van der Waals surface area contributed by atoms with Gasteiger partial charge in [0.25, 0.3) is 0 Å². The highest BCUT2D eigenvalue weighted by Gasteiger charge is 2.31. The van der Waals surface area contributed by atoms with Crippen LogP contribution in [0.3, 0.4) is 0 Å². The van der Waals surface area contributed by atoms with Crippen LogP contribution in [0.15, 0.2) is 37.5 Å². The van der Waals surface area contributed by atoms with Crippen molar-refractivity contribution < 1.29 is 17.7 Å². The Morgan fingerprint density at radius 1 is 1.23 bits per heavy atom. The first-order valence-corrected chi connectivity index (χ1v) is 10.2. The molecule has 0 N–H and O–H groups in total. The van der Waals surface area contributed by atoms with Crippen molar-refractivity contribution in [3.8, 4) is 11.4 Å². The van der Waals surface area contributed by atoms with Crippen LogP contribution >= 0.6 is 34.9 Å². The lowest BCUT2D eigenvalue weighted by Gasteiger charge is -2.06. The summed E-state index contributed by atoms with van der Waals surface area (Å²) in [4.78, 5) is 4.23. The van der Waals surface area contributed by atoms with E-state index >= 15 is 0 Å². The molecule has 0 aliphatic rings. The predicted molar refractivity (Wildman–Crippen MR) is 95.3 cm³/mol. The fourth-order valence-corrected chi connectivity index (χ4v) is 5.07. The molecule has 0 radical (unpaired) electrons. The Hall–Kier alpha value is -1.59. The second-order valence-corrected chi connectivity index (χ2v) is 9.14. The van der Waals surface area contributed by atoms with E-state index in [0.717, 1.165) is 26.6 Å². The fourth-order valence-electron chi connectivity index (χ4n) is 1.98. The molecule has 5 nitrogen and oxygen atoms in total. The first-order valence-electron chi connectivity index (χ1n) is 7.51. The maximum atomic E-state index is 12.8. The third-order valence-corrected chi connectivity index (χ3v) is 6.28. The van der Waals surface area contributed by atoms with Crippen molar-refractivity contribution in [3.63, 3.8) is 0 Å². The smallest absolute Gasteiger partial charge is 0.338 e. The van der Waals surface area contributed by atoms with Gasteiger partial charge in [0.15, 0.2) is 8.68 Å². The van der Waals surface area contributed by atoms with E-state index in [1.165, 1.54) is 35.2 Å². The molecule has 0 aliphatic carbocycles. The SMILES string of the molecule is CCSc1nnc(SC(C)c2nc(-c3cccc(C(F)(F)F)c3)no2)s1. The van der Waals surface area contributed by atoms with Gasteiger partial charge in [0.1, 0.15) is 0 Å². The van der Waals surface area contributed by atoms with Gasteiger partial charge in [0, 0.05) is 5.56 Å². The highest BCUT2D eigenvalue weighted by molar-refractivity contribution is 8.03. The summed E-state index contributed by atoms with van der Waals surface area (Å²) >= 11 is 4.50. The standard InChI is InChI=1S/C15H13F3N4OS3/c1-3-24-13-20-21-14(26-13)25-8(2)12-19-11(22-23-12)9-5-4-6-10(7-9)15(16,17)18/h4-8H,3H2,1-2H3. The summed E-state index contributed by atoms with van der Waals surface area (Å²) in [6.07, 6.45) is -4.42. The molecule has 138 valence electrons. The Kier molecular flexibility index (Phi) is 5.88. The molecule has 3 rings (SSSR count). The normalized spacial score (nSPS) is 13.1. The molecule has 0 bridgehead atoms. The van der Waals surface area contributed by atoms with Gasteiger partial charge in [0.05, 0.1) is 10.8 Å². The number of hydrogen-bond acceptors (Lipinski definition) is 8. The summed E-state index contributed by atoms with van der Waals surface area (Å²) in [5.41, 5.74) is -0.497. The quantitative estimate of drug-likeness (QED) is 0.485. The van der Waals surface area contributed by atoms with Crippen molar-refractivity contribution in [2.24, 2.45) is 0 Å². The van der Waals surface area contributed by atoms with Gasteiger partial charge >= 0.3 is 6.18 Å². The molecule has 1 unspecified atom stereocenters. The molecular formula is C15H13F3N4OS3. The van der Waals surface area contributed by atoms with Gasteiger partial charge in [-0.1, -0.05) is 59.1 Å². The van der Waals surface area contributed by atoms with Crippen molar-refractivity contribution in [3.05, 3.63) is 35.7 Å². The van der Waals surface area contributed by atoms with Gasteiger partial charge in [-0.2, -0.15) is 18.2 Å². The van der Waals surface area contributed by atoms with Crippen LogP contribution in [-0.4, -0.2) is 26.1 Å². The van der Waals surface area contributed by atoms with Gasteiger partial charge in [-0.05, 0) is 24.8 Å². The summed E-state index contributed by atoms with van der Waals surface area (Å²) in [6.45, 7) is 3.90. The maximum absolute atomic E-state index is 12.8. The molecule has 0 saturated heterocycles. The van der Waals surface area contributed by atoms with Crippen molar-refractivity contribution in [1.29, 1.82) is 0 Å². The van der Waals surface area contributed by atoms with Crippen LogP contribution in [0.4, 0.5) is 13.2 Å². The number of aromatic nitrogens is 4. The average Bonchev–Trinajstić information content (AvgIpc) is 3.24. The second-order valence-electron chi connectivity index (χ2n) is 5.06. The van der Waals surface area contributed by atoms with E-state index in [-0.39, 0.29) is 16.6 Å². The molecule has 2 heterocycles. The zero-order valence-electron chi connectivity index (χ0n) is 13.6. The van der Waals surface area contributed by atoms with Crippen LogP contribution in [0.25, 0.3) is 11.4 Å². The van der Waals surface area contributed by atoms with Gasteiger partial charge < -0.3 is 4.52 Å². The van der Waals surface area contributed by atoms with Gasteiger partial charge in [0.2, 0.25) is 11.7 Å². The minimum absolute atomic E-state index is 0.123.